The normalized spacial score (nSPS) is 14.1. The van der Waals surface area contributed by atoms with Gasteiger partial charge in [-0.1, -0.05) is 0 Å². The summed E-state index contributed by atoms with van der Waals surface area (Å²) in [5, 5.41) is 15.4. The lowest BCUT2D eigenvalue weighted by Crippen LogP contribution is -2.25. The van der Waals surface area contributed by atoms with Gasteiger partial charge in [0.25, 0.3) is 5.91 Å². The Morgan fingerprint density at radius 1 is 1.26 bits per heavy atom. The second kappa shape index (κ2) is 8.82. The van der Waals surface area contributed by atoms with Crippen LogP contribution in [-0.4, -0.2) is 46.6 Å². The molecule has 9 nitrogen and oxygen atoms in total. The van der Waals surface area contributed by atoms with E-state index >= 15 is 0 Å². The van der Waals surface area contributed by atoms with Crippen molar-refractivity contribution < 1.29 is 18.0 Å². The van der Waals surface area contributed by atoms with Crippen molar-refractivity contribution in [3.05, 3.63) is 53.4 Å². The standard InChI is InChI=1S/C23H25F3N8O/c1-3-32-13-17(14(2)30-32)18-7-9-27-21-16(12-29-34(18)21)22(35)28-8-4-10-33-19(15-5-6-15)11-20(31-33)23(24,25)26/h7,9,11-13,15H,3-6,8,10H2,1-2H3,(H,28,35). The van der Waals surface area contributed by atoms with Crippen molar-refractivity contribution in [2.75, 3.05) is 6.54 Å². The third-order valence-corrected chi connectivity index (χ3v) is 6.12. The Morgan fingerprint density at radius 2 is 2.06 bits per heavy atom. The Labute approximate surface area is 199 Å². The zero-order valence-electron chi connectivity index (χ0n) is 19.4. The van der Waals surface area contributed by atoms with Gasteiger partial charge in [0.2, 0.25) is 0 Å². The van der Waals surface area contributed by atoms with Crippen LogP contribution in [0.25, 0.3) is 16.9 Å². The van der Waals surface area contributed by atoms with Gasteiger partial charge < -0.3 is 5.32 Å². The SMILES string of the molecule is CCn1cc(-c2ccnc3c(C(=O)NCCCn4nc(C(F)(F)F)cc4C4CC4)cnn23)c(C)n1. The summed E-state index contributed by atoms with van der Waals surface area (Å²) in [4.78, 5) is 17.2. The molecule has 1 aliphatic rings. The van der Waals surface area contributed by atoms with Crippen molar-refractivity contribution >= 4 is 11.6 Å². The number of nitrogens with zero attached hydrogens (tertiary/aromatic N) is 7. The maximum absolute atomic E-state index is 13.1. The predicted molar refractivity (Wildman–Crippen MR) is 121 cm³/mol. The topological polar surface area (TPSA) is 94.9 Å². The Bertz CT molecular complexity index is 1380. The van der Waals surface area contributed by atoms with Crippen LogP contribution in [-0.2, 0) is 19.3 Å². The van der Waals surface area contributed by atoms with Crippen LogP contribution < -0.4 is 5.32 Å². The number of rotatable bonds is 8. The van der Waals surface area contributed by atoms with E-state index in [0.29, 0.717) is 29.9 Å². The summed E-state index contributed by atoms with van der Waals surface area (Å²) in [6.45, 7) is 5.23. The minimum absolute atomic E-state index is 0.139. The molecule has 0 spiro atoms. The van der Waals surface area contributed by atoms with Gasteiger partial charge in [-0.3, -0.25) is 14.2 Å². The van der Waals surface area contributed by atoms with E-state index in [1.54, 1.807) is 10.7 Å². The fourth-order valence-corrected chi connectivity index (χ4v) is 4.17. The first-order chi connectivity index (χ1) is 16.8. The lowest BCUT2D eigenvalue weighted by atomic mass is 10.2. The summed E-state index contributed by atoms with van der Waals surface area (Å²) in [5.41, 5.74) is 3.02. The van der Waals surface area contributed by atoms with Gasteiger partial charge in [-0.25, -0.2) is 9.50 Å². The van der Waals surface area contributed by atoms with Gasteiger partial charge in [0.05, 0.1) is 17.6 Å². The zero-order valence-corrected chi connectivity index (χ0v) is 19.4. The second-order valence-corrected chi connectivity index (χ2v) is 8.67. The van der Waals surface area contributed by atoms with Crippen LogP contribution in [0.2, 0.25) is 0 Å². The summed E-state index contributed by atoms with van der Waals surface area (Å²) < 4.78 is 44.1. The number of hydrogen-bond donors (Lipinski definition) is 1. The lowest BCUT2D eigenvalue weighted by molar-refractivity contribution is -0.141. The molecule has 1 saturated carbocycles. The average Bonchev–Trinajstić information content (AvgIpc) is 3.25. The molecule has 12 heteroatoms. The van der Waals surface area contributed by atoms with E-state index in [1.807, 2.05) is 30.8 Å². The first-order valence-corrected chi connectivity index (χ1v) is 11.6. The molecule has 0 atom stereocenters. The Kier molecular flexibility index (Phi) is 5.81. The molecular weight excluding hydrogens is 461 g/mol. The number of carbonyl (C=O) groups excluding carboxylic acids is 1. The number of aromatic nitrogens is 7. The molecule has 35 heavy (non-hydrogen) atoms. The highest BCUT2D eigenvalue weighted by atomic mass is 19.4. The van der Waals surface area contributed by atoms with Crippen LogP contribution in [0.5, 0.6) is 0 Å². The number of nitrogens with one attached hydrogen (secondary N) is 1. The summed E-state index contributed by atoms with van der Waals surface area (Å²) in [7, 11) is 0. The summed E-state index contributed by atoms with van der Waals surface area (Å²) in [6.07, 6.45) is 2.76. The number of amides is 1. The lowest BCUT2D eigenvalue weighted by Gasteiger charge is -2.08. The first-order valence-electron chi connectivity index (χ1n) is 11.6. The molecule has 1 N–H and O–H groups in total. The highest BCUT2D eigenvalue weighted by Gasteiger charge is 2.37. The van der Waals surface area contributed by atoms with Gasteiger partial charge in [-0.15, -0.1) is 0 Å². The van der Waals surface area contributed by atoms with E-state index in [-0.39, 0.29) is 18.4 Å². The van der Waals surface area contributed by atoms with Crippen LogP contribution in [0.15, 0.2) is 30.7 Å². The molecule has 1 fully saturated rings. The van der Waals surface area contributed by atoms with Gasteiger partial charge in [0.1, 0.15) is 5.56 Å². The van der Waals surface area contributed by atoms with Gasteiger partial charge in [0.15, 0.2) is 11.3 Å². The van der Waals surface area contributed by atoms with E-state index in [2.05, 4.69) is 25.6 Å². The van der Waals surface area contributed by atoms with Crippen molar-refractivity contribution in [2.24, 2.45) is 0 Å². The highest BCUT2D eigenvalue weighted by molar-refractivity contribution is 5.99. The molecule has 0 bridgehead atoms. The maximum Gasteiger partial charge on any atom is 0.435 e. The minimum Gasteiger partial charge on any atom is -0.352 e. The zero-order chi connectivity index (χ0) is 24.7. The molecule has 184 valence electrons. The van der Waals surface area contributed by atoms with Crippen molar-refractivity contribution in [3.63, 3.8) is 0 Å². The van der Waals surface area contributed by atoms with Gasteiger partial charge in [-0.05, 0) is 45.2 Å². The average molecular weight is 487 g/mol. The van der Waals surface area contributed by atoms with Crippen molar-refractivity contribution in [1.82, 2.24) is 39.5 Å². The second-order valence-electron chi connectivity index (χ2n) is 8.67. The molecule has 1 aliphatic carbocycles. The molecule has 0 saturated heterocycles. The number of aryl methyl sites for hydroxylation is 3. The van der Waals surface area contributed by atoms with E-state index in [0.717, 1.165) is 42.4 Å². The van der Waals surface area contributed by atoms with Crippen LogP contribution in [0.1, 0.15) is 59.5 Å². The Balaban J connectivity index is 1.27. The van der Waals surface area contributed by atoms with E-state index < -0.39 is 11.9 Å². The van der Waals surface area contributed by atoms with Crippen LogP contribution in [0.4, 0.5) is 13.2 Å². The number of fused-ring (bicyclic) bond motifs is 1. The van der Waals surface area contributed by atoms with Crippen LogP contribution >= 0.6 is 0 Å². The first kappa shape index (κ1) is 23.1. The van der Waals surface area contributed by atoms with Crippen molar-refractivity contribution in [1.29, 1.82) is 0 Å². The highest BCUT2D eigenvalue weighted by Crippen LogP contribution is 2.42. The number of carbonyl (C=O) groups is 1. The van der Waals surface area contributed by atoms with Crippen LogP contribution in [0, 0.1) is 6.92 Å². The number of halogens is 3. The molecule has 0 radical (unpaired) electrons. The summed E-state index contributed by atoms with van der Waals surface area (Å²) >= 11 is 0. The fourth-order valence-electron chi connectivity index (χ4n) is 4.17. The predicted octanol–water partition coefficient (Wildman–Crippen LogP) is 3.83. The van der Waals surface area contributed by atoms with E-state index in [9.17, 15) is 18.0 Å². The number of hydrogen-bond acceptors (Lipinski definition) is 5. The molecule has 0 aromatic carbocycles. The maximum atomic E-state index is 13.1. The molecule has 0 aliphatic heterocycles. The van der Waals surface area contributed by atoms with Gasteiger partial charge in [-0.2, -0.15) is 28.5 Å². The largest absolute Gasteiger partial charge is 0.435 e. The Hall–Kier alpha value is -3.70. The molecule has 0 unspecified atom stereocenters. The molecule has 5 rings (SSSR count). The molecule has 4 aromatic heterocycles. The fraction of sp³-hybridized carbons (Fsp3) is 0.435. The Morgan fingerprint density at radius 3 is 2.74 bits per heavy atom. The van der Waals surface area contributed by atoms with E-state index in [1.165, 1.54) is 10.9 Å². The monoisotopic (exact) mass is 486 g/mol. The van der Waals surface area contributed by atoms with Crippen molar-refractivity contribution in [2.45, 2.75) is 58.3 Å². The summed E-state index contributed by atoms with van der Waals surface area (Å²) in [6, 6.07) is 2.97. The molecular formula is C23H25F3N8O. The minimum atomic E-state index is -4.47. The third kappa shape index (κ3) is 4.52. The molecule has 1 amide bonds. The van der Waals surface area contributed by atoms with Gasteiger partial charge >= 0.3 is 6.18 Å². The van der Waals surface area contributed by atoms with Crippen LogP contribution in [0.3, 0.4) is 0 Å². The summed E-state index contributed by atoms with van der Waals surface area (Å²) in [5.74, 6) is -0.204. The van der Waals surface area contributed by atoms with E-state index in [4.69, 9.17) is 0 Å². The van der Waals surface area contributed by atoms with Crippen molar-refractivity contribution in [3.8, 4) is 11.3 Å². The number of alkyl halides is 3. The van der Waals surface area contributed by atoms with Gasteiger partial charge in [0, 0.05) is 49.2 Å². The molecule has 4 aromatic rings. The molecule has 4 heterocycles. The quantitative estimate of drug-likeness (QED) is 0.382. The smallest absolute Gasteiger partial charge is 0.352 e. The third-order valence-electron chi connectivity index (χ3n) is 6.12.